The summed E-state index contributed by atoms with van der Waals surface area (Å²) in [5.74, 6) is -0.393. The monoisotopic (exact) mass is 234 g/mol. The van der Waals surface area contributed by atoms with Crippen LogP contribution in [-0.2, 0) is 0 Å². The van der Waals surface area contributed by atoms with Crippen LogP contribution in [0.2, 0.25) is 5.15 Å². The number of nitrogens with zero attached hydrogens (tertiary/aromatic N) is 1. The Morgan fingerprint density at radius 2 is 1.88 bits per heavy atom. The van der Waals surface area contributed by atoms with Gasteiger partial charge in [0.05, 0.1) is 0 Å². The third kappa shape index (κ3) is 2.22. The molecule has 0 spiro atoms. The minimum atomic E-state index is -0.256. The second kappa shape index (κ2) is 4.62. The van der Waals surface area contributed by atoms with Gasteiger partial charge >= 0.3 is 0 Å². The van der Waals surface area contributed by atoms with Crippen molar-refractivity contribution in [3.63, 3.8) is 0 Å². The molecular weight excluding hydrogens is 225 g/mol. The van der Waals surface area contributed by atoms with Crippen LogP contribution in [0.4, 0.5) is 4.39 Å². The molecule has 0 saturated carbocycles. The van der Waals surface area contributed by atoms with Crippen molar-refractivity contribution >= 4 is 11.6 Å². The zero-order valence-corrected chi connectivity index (χ0v) is 9.28. The Morgan fingerprint density at radius 1 is 1.19 bits per heavy atom. The highest BCUT2D eigenvalue weighted by Gasteiger charge is 2.12. The number of rotatable bonds is 2. The quantitative estimate of drug-likeness (QED) is 0.720. The Labute approximate surface area is 98.9 Å². The van der Waals surface area contributed by atoms with Gasteiger partial charge in [-0.1, -0.05) is 29.8 Å². The molecule has 2 rings (SSSR count). The second-order valence-corrected chi connectivity index (χ2v) is 3.85. The van der Waals surface area contributed by atoms with Crippen LogP contribution in [-0.4, -0.2) is 4.98 Å². The molecule has 1 nitrogen and oxygen atoms in total. The smallest absolute Gasteiger partial charge is 0.132 e. The van der Waals surface area contributed by atoms with Crippen molar-refractivity contribution in [1.82, 2.24) is 4.98 Å². The molecule has 1 aromatic carbocycles. The van der Waals surface area contributed by atoms with Crippen molar-refractivity contribution in [3.05, 3.63) is 71.6 Å². The number of halogens is 2. The maximum atomic E-state index is 12.8. The van der Waals surface area contributed by atoms with Crippen molar-refractivity contribution in [2.75, 3.05) is 0 Å². The van der Waals surface area contributed by atoms with E-state index in [1.165, 1.54) is 12.1 Å². The summed E-state index contributed by atoms with van der Waals surface area (Å²) in [6.07, 6.45) is 1.63. The molecule has 0 aliphatic heterocycles. The molecule has 1 atom stereocenters. The fourth-order valence-corrected chi connectivity index (χ4v) is 1.78. The lowest BCUT2D eigenvalue weighted by Crippen LogP contribution is -1.98. The zero-order valence-electron chi connectivity index (χ0n) is 8.53. The lowest BCUT2D eigenvalue weighted by atomic mass is 9.94. The van der Waals surface area contributed by atoms with E-state index in [0.717, 1.165) is 11.1 Å². The van der Waals surface area contributed by atoms with Crippen LogP contribution < -0.4 is 0 Å². The Morgan fingerprint density at radius 3 is 2.50 bits per heavy atom. The molecule has 81 valence electrons. The molecule has 1 heterocycles. The van der Waals surface area contributed by atoms with Gasteiger partial charge in [-0.25, -0.2) is 9.37 Å². The average Bonchev–Trinajstić information content (AvgIpc) is 2.30. The molecule has 0 N–H and O–H groups in total. The van der Waals surface area contributed by atoms with E-state index < -0.39 is 0 Å². The summed E-state index contributed by atoms with van der Waals surface area (Å²) >= 11 is 5.98. The van der Waals surface area contributed by atoms with Gasteiger partial charge in [-0.2, -0.15) is 0 Å². The fraction of sp³-hybridized carbons (Fsp3) is 0.0769. The minimum absolute atomic E-state index is 0.137. The van der Waals surface area contributed by atoms with E-state index in [9.17, 15) is 4.39 Å². The van der Waals surface area contributed by atoms with Gasteiger partial charge in [0, 0.05) is 12.1 Å². The second-order valence-electron chi connectivity index (χ2n) is 3.49. The summed E-state index contributed by atoms with van der Waals surface area (Å²) in [7, 11) is 0. The van der Waals surface area contributed by atoms with Crippen molar-refractivity contribution in [2.24, 2.45) is 0 Å². The number of hydrogen-bond acceptors (Lipinski definition) is 1. The normalized spacial score (nSPS) is 12.4. The lowest BCUT2D eigenvalue weighted by Gasteiger charge is -2.12. The van der Waals surface area contributed by atoms with Crippen molar-refractivity contribution in [2.45, 2.75) is 5.92 Å². The average molecular weight is 235 g/mol. The molecule has 0 saturated heterocycles. The summed E-state index contributed by atoms with van der Waals surface area (Å²) in [5, 5.41) is 0.437. The molecule has 0 amide bonds. The molecule has 16 heavy (non-hydrogen) atoms. The Bertz CT molecular complexity index is 482. The predicted octanol–water partition coefficient (Wildman–Crippen LogP) is 3.84. The molecule has 0 aliphatic rings. The van der Waals surface area contributed by atoms with Crippen LogP contribution in [0.25, 0.3) is 0 Å². The van der Waals surface area contributed by atoms with Crippen LogP contribution in [0.15, 0.2) is 42.6 Å². The van der Waals surface area contributed by atoms with Crippen LogP contribution in [0.1, 0.15) is 17.0 Å². The van der Waals surface area contributed by atoms with E-state index in [2.05, 4.69) is 11.9 Å². The summed E-state index contributed by atoms with van der Waals surface area (Å²) in [6.45, 7) is 4.02. The van der Waals surface area contributed by atoms with Gasteiger partial charge < -0.3 is 0 Å². The van der Waals surface area contributed by atoms with Gasteiger partial charge in [0.2, 0.25) is 0 Å². The van der Waals surface area contributed by atoms with E-state index >= 15 is 0 Å². The van der Waals surface area contributed by atoms with E-state index in [1.54, 1.807) is 18.3 Å². The topological polar surface area (TPSA) is 12.9 Å². The van der Waals surface area contributed by atoms with Gasteiger partial charge in [-0.3, -0.25) is 0 Å². The molecule has 1 radical (unpaired) electrons. The molecular formula is C13H10ClFN. The molecule has 1 unspecified atom stereocenters. The molecule has 0 aliphatic carbocycles. The predicted molar refractivity (Wildman–Crippen MR) is 62.8 cm³/mol. The van der Waals surface area contributed by atoms with Gasteiger partial charge in [-0.05, 0) is 36.2 Å². The maximum absolute atomic E-state index is 12.8. The molecule has 3 heteroatoms. The van der Waals surface area contributed by atoms with Crippen LogP contribution in [0.5, 0.6) is 0 Å². The number of aromatic nitrogens is 1. The summed E-state index contributed by atoms with van der Waals surface area (Å²) in [5.41, 5.74) is 1.76. The van der Waals surface area contributed by atoms with Crippen molar-refractivity contribution in [1.29, 1.82) is 0 Å². The highest BCUT2D eigenvalue weighted by atomic mass is 35.5. The van der Waals surface area contributed by atoms with Crippen molar-refractivity contribution in [3.8, 4) is 0 Å². The highest BCUT2D eigenvalue weighted by molar-refractivity contribution is 6.30. The third-order valence-corrected chi connectivity index (χ3v) is 2.75. The first-order chi connectivity index (χ1) is 7.68. The largest absolute Gasteiger partial charge is 0.244 e. The van der Waals surface area contributed by atoms with Crippen LogP contribution >= 0.6 is 11.6 Å². The SMILES string of the molecule is [CH2]C(c1ccc(F)cc1)c1cccnc1Cl. The van der Waals surface area contributed by atoms with Gasteiger partial charge in [-0.15, -0.1) is 0 Å². The number of pyridine rings is 1. The molecule has 0 bridgehead atoms. The first kappa shape index (κ1) is 11.1. The summed E-state index contributed by atoms with van der Waals surface area (Å²) < 4.78 is 12.8. The highest BCUT2D eigenvalue weighted by Crippen LogP contribution is 2.27. The van der Waals surface area contributed by atoms with E-state index in [1.807, 2.05) is 12.1 Å². The summed E-state index contributed by atoms with van der Waals surface area (Å²) in [6, 6.07) is 9.92. The number of benzene rings is 1. The molecule has 1 aromatic heterocycles. The maximum Gasteiger partial charge on any atom is 0.132 e. The fourth-order valence-electron chi connectivity index (χ4n) is 1.53. The van der Waals surface area contributed by atoms with Crippen molar-refractivity contribution < 1.29 is 4.39 Å². The zero-order chi connectivity index (χ0) is 11.5. The third-order valence-electron chi connectivity index (χ3n) is 2.44. The molecule has 0 fully saturated rings. The number of hydrogen-bond donors (Lipinski definition) is 0. The van der Waals surface area contributed by atoms with Gasteiger partial charge in [0.25, 0.3) is 0 Å². The first-order valence-electron chi connectivity index (χ1n) is 4.87. The lowest BCUT2D eigenvalue weighted by molar-refractivity contribution is 0.627. The van der Waals surface area contributed by atoms with Crippen LogP contribution in [0, 0.1) is 12.7 Å². The van der Waals surface area contributed by atoms with E-state index in [-0.39, 0.29) is 11.7 Å². The Hall–Kier alpha value is -1.41. The first-order valence-corrected chi connectivity index (χ1v) is 5.25. The van der Waals surface area contributed by atoms with Crippen LogP contribution in [0.3, 0.4) is 0 Å². The standard InChI is InChI=1S/C13H10ClFN/c1-9(10-4-6-11(15)7-5-10)12-3-2-8-16-13(12)14/h2-9H,1H2. The Balaban J connectivity index is 2.35. The Kier molecular flexibility index (Phi) is 3.20. The minimum Gasteiger partial charge on any atom is -0.244 e. The van der Waals surface area contributed by atoms with E-state index in [0.29, 0.717) is 5.15 Å². The van der Waals surface area contributed by atoms with E-state index in [4.69, 9.17) is 11.6 Å². The molecule has 2 aromatic rings. The van der Waals surface area contributed by atoms with Gasteiger partial charge in [0.15, 0.2) is 0 Å². The summed E-state index contributed by atoms with van der Waals surface area (Å²) in [4.78, 5) is 3.99. The van der Waals surface area contributed by atoms with Gasteiger partial charge in [0.1, 0.15) is 11.0 Å².